The Balaban J connectivity index is 2.03. The molecule has 0 aliphatic carbocycles. The van der Waals surface area contributed by atoms with Gasteiger partial charge in [-0.05, 0) is 70.9 Å². The van der Waals surface area contributed by atoms with Crippen LogP contribution >= 0.6 is 0 Å². The molecule has 2 unspecified atom stereocenters. The summed E-state index contributed by atoms with van der Waals surface area (Å²) in [5, 5.41) is 3.29. The first-order chi connectivity index (χ1) is 10.3. The van der Waals surface area contributed by atoms with E-state index in [1.807, 2.05) is 14.0 Å². The average molecular weight is 290 g/mol. The Morgan fingerprint density at radius 2 is 2.05 bits per heavy atom. The fraction of sp³-hybridized carbons (Fsp3) is 0.667. The number of hydrogen-bond donors (Lipinski definition) is 1. The summed E-state index contributed by atoms with van der Waals surface area (Å²) in [5.41, 5.74) is 1.40. The molecule has 1 saturated heterocycles. The third kappa shape index (κ3) is 4.45. The molecule has 0 bridgehead atoms. The van der Waals surface area contributed by atoms with E-state index in [2.05, 4.69) is 41.4 Å². The summed E-state index contributed by atoms with van der Waals surface area (Å²) in [6.07, 6.45) is 5.29. The van der Waals surface area contributed by atoms with Crippen LogP contribution in [0.5, 0.6) is 5.75 Å². The van der Waals surface area contributed by atoms with Gasteiger partial charge in [0.2, 0.25) is 0 Å². The van der Waals surface area contributed by atoms with Crippen LogP contribution in [0.25, 0.3) is 0 Å². The molecule has 2 atom stereocenters. The Bertz CT molecular complexity index is 404. The normalized spacial score (nSPS) is 21.2. The minimum Gasteiger partial charge on any atom is -0.494 e. The van der Waals surface area contributed by atoms with Crippen molar-refractivity contribution in [1.82, 2.24) is 10.2 Å². The molecule has 0 saturated carbocycles. The summed E-state index contributed by atoms with van der Waals surface area (Å²) >= 11 is 0. The van der Waals surface area contributed by atoms with Crippen molar-refractivity contribution in [2.24, 2.45) is 0 Å². The number of benzene rings is 1. The van der Waals surface area contributed by atoms with E-state index < -0.39 is 0 Å². The molecule has 0 aromatic heterocycles. The van der Waals surface area contributed by atoms with Crippen molar-refractivity contribution >= 4 is 0 Å². The number of ether oxygens (including phenoxy) is 1. The highest BCUT2D eigenvalue weighted by atomic mass is 16.5. The maximum Gasteiger partial charge on any atom is 0.119 e. The number of likely N-dealkylation sites (tertiary alicyclic amines) is 1. The Hall–Kier alpha value is -1.06. The van der Waals surface area contributed by atoms with Gasteiger partial charge in [-0.15, -0.1) is 0 Å². The highest BCUT2D eigenvalue weighted by Crippen LogP contribution is 2.30. The quantitative estimate of drug-likeness (QED) is 0.830. The predicted octanol–water partition coefficient (Wildman–Crippen LogP) is 3.61. The first-order valence-corrected chi connectivity index (χ1v) is 8.39. The van der Waals surface area contributed by atoms with Crippen LogP contribution in [-0.2, 0) is 0 Å². The second-order valence-corrected chi connectivity index (χ2v) is 5.96. The third-order valence-electron chi connectivity index (χ3n) is 4.57. The summed E-state index contributed by atoms with van der Waals surface area (Å²) in [6.45, 7) is 7.43. The van der Waals surface area contributed by atoms with Crippen LogP contribution in [0.3, 0.4) is 0 Å². The lowest BCUT2D eigenvalue weighted by Crippen LogP contribution is -2.42. The lowest BCUT2D eigenvalue weighted by Gasteiger charge is -2.40. The van der Waals surface area contributed by atoms with Gasteiger partial charge in [0.05, 0.1) is 6.61 Å². The Labute approximate surface area is 129 Å². The second-order valence-electron chi connectivity index (χ2n) is 5.96. The van der Waals surface area contributed by atoms with Crippen molar-refractivity contribution in [3.63, 3.8) is 0 Å². The van der Waals surface area contributed by atoms with Gasteiger partial charge in [0.1, 0.15) is 5.75 Å². The van der Waals surface area contributed by atoms with Gasteiger partial charge in [0.15, 0.2) is 0 Å². The molecular formula is C18H30N2O. The van der Waals surface area contributed by atoms with Crippen LogP contribution < -0.4 is 10.1 Å². The molecule has 1 heterocycles. The summed E-state index contributed by atoms with van der Waals surface area (Å²) in [7, 11) is 2.04. The predicted molar refractivity (Wildman–Crippen MR) is 88.9 cm³/mol. The van der Waals surface area contributed by atoms with Gasteiger partial charge in [-0.3, -0.25) is 4.90 Å². The van der Waals surface area contributed by atoms with Crippen LogP contribution in [0.1, 0.15) is 51.1 Å². The van der Waals surface area contributed by atoms with Gasteiger partial charge < -0.3 is 10.1 Å². The fourth-order valence-corrected chi connectivity index (χ4v) is 3.35. The molecule has 0 spiro atoms. The van der Waals surface area contributed by atoms with Crippen molar-refractivity contribution in [2.45, 2.75) is 51.6 Å². The lowest BCUT2D eigenvalue weighted by atomic mass is 9.95. The van der Waals surface area contributed by atoms with E-state index in [0.717, 1.165) is 18.9 Å². The second kappa shape index (κ2) is 8.40. The number of piperidine rings is 1. The zero-order valence-electron chi connectivity index (χ0n) is 13.8. The molecule has 1 fully saturated rings. The molecule has 21 heavy (non-hydrogen) atoms. The standard InChI is InChI=1S/C18H30N2O/c1-4-21-18-10-8-16(9-11-18)15(2)20-14-6-5-7-17(20)12-13-19-3/h8-11,15,17,19H,4-7,12-14H2,1-3H3. The lowest BCUT2D eigenvalue weighted by molar-refractivity contribution is 0.0971. The maximum atomic E-state index is 5.54. The molecular weight excluding hydrogens is 260 g/mol. The molecule has 0 amide bonds. The number of rotatable bonds is 7. The summed E-state index contributed by atoms with van der Waals surface area (Å²) in [5.74, 6) is 0.971. The zero-order chi connectivity index (χ0) is 15.1. The van der Waals surface area contributed by atoms with Crippen molar-refractivity contribution < 1.29 is 4.74 Å². The first-order valence-electron chi connectivity index (χ1n) is 8.39. The maximum absolute atomic E-state index is 5.54. The molecule has 1 aliphatic rings. The van der Waals surface area contributed by atoms with Crippen LogP contribution in [0, 0.1) is 0 Å². The minimum atomic E-state index is 0.489. The van der Waals surface area contributed by atoms with Crippen LogP contribution in [0.4, 0.5) is 0 Å². The van der Waals surface area contributed by atoms with Crippen LogP contribution in [0.15, 0.2) is 24.3 Å². The molecule has 3 nitrogen and oxygen atoms in total. The summed E-state index contributed by atoms with van der Waals surface area (Å²) < 4.78 is 5.54. The Morgan fingerprint density at radius 3 is 2.71 bits per heavy atom. The van der Waals surface area contributed by atoms with Gasteiger partial charge in [-0.1, -0.05) is 18.6 Å². The minimum absolute atomic E-state index is 0.489. The van der Waals surface area contributed by atoms with E-state index in [1.54, 1.807) is 0 Å². The van der Waals surface area contributed by atoms with Gasteiger partial charge >= 0.3 is 0 Å². The molecule has 1 aromatic carbocycles. The average Bonchev–Trinajstić information content (AvgIpc) is 2.53. The van der Waals surface area contributed by atoms with Crippen molar-refractivity contribution in [2.75, 3.05) is 26.7 Å². The topological polar surface area (TPSA) is 24.5 Å². The summed E-state index contributed by atoms with van der Waals surface area (Å²) in [4.78, 5) is 2.69. The number of nitrogens with zero attached hydrogens (tertiary/aromatic N) is 1. The third-order valence-corrected chi connectivity index (χ3v) is 4.57. The number of nitrogens with one attached hydrogen (secondary N) is 1. The van der Waals surface area contributed by atoms with Gasteiger partial charge in [0.25, 0.3) is 0 Å². The Morgan fingerprint density at radius 1 is 1.29 bits per heavy atom. The van der Waals surface area contributed by atoms with Gasteiger partial charge in [-0.25, -0.2) is 0 Å². The van der Waals surface area contributed by atoms with Crippen LogP contribution in [-0.4, -0.2) is 37.7 Å². The highest BCUT2D eigenvalue weighted by molar-refractivity contribution is 5.29. The monoisotopic (exact) mass is 290 g/mol. The summed E-state index contributed by atoms with van der Waals surface area (Å²) in [6, 6.07) is 9.85. The largest absolute Gasteiger partial charge is 0.494 e. The van der Waals surface area contributed by atoms with E-state index in [-0.39, 0.29) is 0 Å². The van der Waals surface area contributed by atoms with E-state index in [0.29, 0.717) is 12.1 Å². The van der Waals surface area contributed by atoms with Crippen molar-refractivity contribution in [1.29, 1.82) is 0 Å². The smallest absolute Gasteiger partial charge is 0.119 e. The van der Waals surface area contributed by atoms with Crippen molar-refractivity contribution in [3.8, 4) is 5.75 Å². The SMILES string of the molecule is CCOc1ccc(C(C)N2CCCCC2CCNC)cc1. The fourth-order valence-electron chi connectivity index (χ4n) is 3.35. The Kier molecular flexibility index (Phi) is 6.52. The van der Waals surface area contributed by atoms with Crippen LogP contribution in [0.2, 0.25) is 0 Å². The molecule has 3 heteroatoms. The van der Waals surface area contributed by atoms with Gasteiger partial charge in [0, 0.05) is 12.1 Å². The molecule has 2 rings (SSSR count). The zero-order valence-corrected chi connectivity index (χ0v) is 13.8. The molecule has 0 radical (unpaired) electrons. The molecule has 1 aliphatic heterocycles. The first kappa shape index (κ1) is 16.3. The molecule has 118 valence electrons. The van der Waals surface area contributed by atoms with Crippen molar-refractivity contribution in [3.05, 3.63) is 29.8 Å². The van der Waals surface area contributed by atoms with Gasteiger partial charge in [-0.2, -0.15) is 0 Å². The van der Waals surface area contributed by atoms with E-state index in [9.17, 15) is 0 Å². The molecule has 1 aromatic rings. The van der Waals surface area contributed by atoms with E-state index in [4.69, 9.17) is 4.74 Å². The molecule has 1 N–H and O–H groups in total. The highest BCUT2D eigenvalue weighted by Gasteiger charge is 2.26. The van der Waals surface area contributed by atoms with E-state index in [1.165, 1.54) is 37.8 Å². The van der Waals surface area contributed by atoms with E-state index >= 15 is 0 Å². The number of hydrogen-bond acceptors (Lipinski definition) is 3.